The molecule has 0 saturated heterocycles. The molecule has 2 aromatic rings. The minimum atomic E-state index is -0.273. The largest absolute Gasteiger partial charge is 0.486 e. The van der Waals surface area contributed by atoms with E-state index in [2.05, 4.69) is 22.4 Å². The number of aromatic nitrogens is 2. The molecule has 1 amide bonds. The molecule has 0 unspecified atom stereocenters. The Hall–Kier alpha value is -1.45. The number of ether oxygens (including phenoxy) is 2. The number of carbonyl (C=O) groups excluding carboxylic acids is 1. The molecular formula is C15H17N3O3S3. The van der Waals surface area contributed by atoms with Crippen LogP contribution in [0.4, 0.5) is 5.69 Å². The van der Waals surface area contributed by atoms with Crippen molar-refractivity contribution in [2.45, 2.75) is 27.8 Å². The number of thioether (sulfide) groups is 2. The van der Waals surface area contributed by atoms with E-state index in [4.69, 9.17) is 9.47 Å². The lowest BCUT2D eigenvalue weighted by Crippen LogP contribution is -2.22. The molecule has 1 aliphatic heterocycles. The molecule has 2 heterocycles. The van der Waals surface area contributed by atoms with Gasteiger partial charge in [-0.2, -0.15) is 0 Å². The minimum Gasteiger partial charge on any atom is -0.486 e. The van der Waals surface area contributed by atoms with E-state index in [0.717, 1.165) is 14.4 Å². The van der Waals surface area contributed by atoms with Crippen molar-refractivity contribution in [3.8, 4) is 11.5 Å². The Morgan fingerprint density at radius 3 is 2.83 bits per heavy atom. The van der Waals surface area contributed by atoms with Crippen LogP contribution in [0, 0.1) is 0 Å². The van der Waals surface area contributed by atoms with E-state index in [1.54, 1.807) is 23.9 Å². The predicted octanol–water partition coefficient (Wildman–Crippen LogP) is 3.54. The summed E-state index contributed by atoms with van der Waals surface area (Å²) in [6, 6.07) is 5.40. The number of rotatable bonds is 6. The van der Waals surface area contributed by atoms with Gasteiger partial charge in [-0.3, -0.25) is 4.79 Å². The SMILES string of the molecule is CCSc1nnc(S[C@H](C)C(=O)Nc2ccc3c(c2)OCCO3)s1. The lowest BCUT2D eigenvalue weighted by atomic mass is 10.2. The molecule has 1 aliphatic rings. The molecule has 0 saturated carbocycles. The van der Waals surface area contributed by atoms with Crippen LogP contribution < -0.4 is 14.8 Å². The van der Waals surface area contributed by atoms with Gasteiger partial charge in [0, 0.05) is 11.8 Å². The molecular weight excluding hydrogens is 366 g/mol. The fraction of sp³-hybridized carbons (Fsp3) is 0.400. The van der Waals surface area contributed by atoms with Crippen molar-refractivity contribution in [1.82, 2.24) is 10.2 Å². The summed E-state index contributed by atoms with van der Waals surface area (Å²) >= 11 is 4.58. The van der Waals surface area contributed by atoms with E-state index in [-0.39, 0.29) is 11.2 Å². The summed E-state index contributed by atoms with van der Waals surface area (Å²) in [6.07, 6.45) is 0. The molecule has 3 rings (SSSR count). The van der Waals surface area contributed by atoms with E-state index < -0.39 is 0 Å². The van der Waals surface area contributed by atoms with Gasteiger partial charge in [-0.25, -0.2) is 0 Å². The maximum absolute atomic E-state index is 12.4. The summed E-state index contributed by atoms with van der Waals surface area (Å²) in [5, 5.41) is 10.8. The number of nitrogens with zero attached hydrogens (tertiary/aromatic N) is 2. The van der Waals surface area contributed by atoms with Crippen LogP contribution in [0.2, 0.25) is 0 Å². The summed E-state index contributed by atoms with van der Waals surface area (Å²) in [7, 11) is 0. The third kappa shape index (κ3) is 4.34. The summed E-state index contributed by atoms with van der Waals surface area (Å²) < 4.78 is 12.7. The molecule has 1 atom stereocenters. The number of anilines is 1. The molecule has 1 N–H and O–H groups in total. The fourth-order valence-electron chi connectivity index (χ4n) is 2.00. The highest BCUT2D eigenvalue weighted by Gasteiger charge is 2.19. The van der Waals surface area contributed by atoms with Crippen LogP contribution in [0.15, 0.2) is 26.9 Å². The standard InChI is InChI=1S/C15H17N3O3S3/c1-3-22-14-17-18-15(24-14)23-9(2)13(19)16-10-4-5-11-12(8-10)21-7-6-20-11/h4-5,8-9H,3,6-7H2,1-2H3,(H,16,19)/t9-/m1/s1. The average molecular weight is 384 g/mol. The van der Waals surface area contributed by atoms with Crippen molar-refractivity contribution in [2.75, 3.05) is 24.3 Å². The van der Waals surface area contributed by atoms with Crippen LogP contribution in [0.5, 0.6) is 11.5 Å². The Morgan fingerprint density at radius 2 is 2.04 bits per heavy atom. The minimum absolute atomic E-state index is 0.0865. The number of hydrogen-bond acceptors (Lipinski definition) is 8. The molecule has 9 heteroatoms. The number of hydrogen-bond donors (Lipinski definition) is 1. The summed E-state index contributed by atoms with van der Waals surface area (Å²) in [6.45, 7) is 4.99. The van der Waals surface area contributed by atoms with Gasteiger partial charge in [-0.05, 0) is 24.8 Å². The van der Waals surface area contributed by atoms with Crippen molar-refractivity contribution in [2.24, 2.45) is 0 Å². The number of benzene rings is 1. The summed E-state index contributed by atoms with van der Waals surface area (Å²) in [5.41, 5.74) is 0.691. The second-order valence-corrected chi connectivity index (χ2v) is 8.95. The zero-order valence-corrected chi connectivity index (χ0v) is 15.7. The summed E-state index contributed by atoms with van der Waals surface area (Å²) in [4.78, 5) is 12.4. The Bertz CT molecular complexity index is 723. The van der Waals surface area contributed by atoms with Crippen LogP contribution in [-0.4, -0.2) is 40.3 Å². The first kappa shape index (κ1) is 17.4. The predicted molar refractivity (Wildman–Crippen MR) is 97.7 cm³/mol. The van der Waals surface area contributed by atoms with Gasteiger partial charge in [0.05, 0.1) is 5.25 Å². The molecule has 6 nitrogen and oxygen atoms in total. The van der Waals surface area contributed by atoms with Gasteiger partial charge in [0.25, 0.3) is 0 Å². The molecule has 0 fully saturated rings. The van der Waals surface area contributed by atoms with E-state index in [0.29, 0.717) is 30.4 Å². The average Bonchev–Trinajstić information content (AvgIpc) is 3.02. The monoisotopic (exact) mass is 383 g/mol. The van der Waals surface area contributed by atoms with Gasteiger partial charge in [0.15, 0.2) is 20.2 Å². The number of nitrogens with one attached hydrogen (secondary N) is 1. The first-order chi connectivity index (χ1) is 11.7. The maximum atomic E-state index is 12.4. The molecule has 24 heavy (non-hydrogen) atoms. The summed E-state index contributed by atoms with van der Waals surface area (Å²) in [5.74, 6) is 2.23. The zero-order valence-electron chi connectivity index (χ0n) is 13.3. The lowest BCUT2D eigenvalue weighted by molar-refractivity contribution is -0.115. The Balaban J connectivity index is 1.59. The van der Waals surface area contributed by atoms with E-state index in [9.17, 15) is 4.79 Å². The van der Waals surface area contributed by atoms with Crippen molar-refractivity contribution >= 4 is 46.5 Å². The van der Waals surface area contributed by atoms with Crippen molar-refractivity contribution in [3.05, 3.63) is 18.2 Å². The van der Waals surface area contributed by atoms with Crippen LogP contribution in [0.3, 0.4) is 0 Å². The molecule has 0 spiro atoms. The second kappa shape index (κ2) is 8.09. The highest BCUT2D eigenvalue weighted by Crippen LogP contribution is 2.34. The first-order valence-electron chi connectivity index (χ1n) is 7.49. The van der Waals surface area contributed by atoms with Crippen LogP contribution in [0.25, 0.3) is 0 Å². The molecule has 1 aromatic carbocycles. The highest BCUT2D eigenvalue weighted by molar-refractivity contribution is 8.03. The normalized spacial score (nSPS) is 14.2. The second-order valence-electron chi connectivity index (χ2n) is 4.87. The third-order valence-electron chi connectivity index (χ3n) is 3.11. The van der Waals surface area contributed by atoms with E-state index in [1.165, 1.54) is 23.1 Å². The molecule has 0 radical (unpaired) electrons. The van der Waals surface area contributed by atoms with Crippen molar-refractivity contribution in [3.63, 3.8) is 0 Å². The quantitative estimate of drug-likeness (QED) is 0.765. The van der Waals surface area contributed by atoms with Gasteiger partial charge in [-0.15, -0.1) is 10.2 Å². The van der Waals surface area contributed by atoms with Crippen molar-refractivity contribution in [1.29, 1.82) is 0 Å². The fourth-order valence-corrected chi connectivity index (χ4v) is 5.06. The van der Waals surface area contributed by atoms with Gasteiger partial charge < -0.3 is 14.8 Å². The lowest BCUT2D eigenvalue weighted by Gasteiger charge is -2.19. The van der Waals surface area contributed by atoms with Crippen LogP contribution in [-0.2, 0) is 4.79 Å². The first-order valence-corrected chi connectivity index (χ1v) is 10.2. The van der Waals surface area contributed by atoms with Crippen LogP contribution in [0.1, 0.15) is 13.8 Å². The van der Waals surface area contributed by atoms with E-state index >= 15 is 0 Å². The number of fused-ring (bicyclic) bond motifs is 1. The van der Waals surface area contributed by atoms with Gasteiger partial charge in [0.1, 0.15) is 13.2 Å². The van der Waals surface area contributed by atoms with E-state index in [1.807, 2.05) is 13.0 Å². The Kier molecular flexibility index (Phi) is 5.85. The third-order valence-corrected chi connectivity index (χ3v) is 6.24. The molecule has 0 aliphatic carbocycles. The van der Waals surface area contributed by atoms with Gasteiger partial charge in [0.2, 0.25) is 5.91 Å². The molecule has 128 valence electrons. The topological polar surface area (TPSA) is 73.3 Å². The highest BCUT2D eigenvalue weighted by atomic mass is 32.2. The molecule has 0 bridgehead atoms. The van der Waals surface area contributed by atoms with Gasteiger partial charge in [-0.1, -0.05) is 41.8 Å². The smallest absolute Gasteiger partial charge is 0.237 e. The maximum Gasteiger partial charge on any atom is 0.237 e. The number of amides is 1. The van der Waals surface area contributed by atoms with Crippen LogP contribution >= 0.6 is 34.9 Å². The Labute approximate surface area is 152 Å². The van der Waals surface area contributed by atoms with Crippen molar-refractivity contribution < 1.29 is 14.3 Å². The number of carbonyl (C=O) groups is 1. The molecule has 1 aromatic heterocycles. The Morgan fingerprint density at radius 1 is 1.29 bits per heavy atom. The zero-order chi connectivity index (χ0) is 16.9. The van der Waals surface area contributed by atoms with Gasteiger partial charge >= 0.3 is 0 Å².